The van der Waals surface area contributed by atoms with Gasteiger partial charge in [-0.15, -0.1) is 0 Å². The lowest BCUT2D eigenvalue weighted by atomic mass is 10.1. The highest BCUT2D eigenvalue weighted by Crippen LogP contribution is 2.11. The van der Waals surface area contributed by atoms with Crippen molar-refractivity contribution in [2.75, 3.05) is 7.11 Å². The summed E-state index contributed by atoms with van der Waals surface area (Å²) in [5, 5.41) is 0. The van der Waals surface area contributed by atoms with Gasteiger partial charge in [-0.05, 0) is 48.5 Å². The second-order valence-corrected chi connectivity index (χ2v) is 5.45. The van der Waals surface area contributed by atoms with Gasteiger partial charge in [-0.3, -0.25) is 15.0 Å². The largest absolute Gasteiger partial charge is 0.497 e. The first kappa shape index (κ1) is 16.8. The Morgan fingerprint density at radius 1 is 1.00 bits per heavy atom. The molecule has 2 aromatic rings. The summed E-state index contributed by atoms with van der Waals surface area (Å²) >= 11 is 3.31. The maximum absolute atomic E-state index is 11.9. The van der Waals surface area contributed by atoms with Crippen molar-refractivity contribution < 1.29 is 14.3 Å². The molecule has 6 heteroatoms. The summed E-state index contributed by atoms with van der Waals surface area (Å²) in [6.45, 7) is 0. The fraction of sp³-hybridized carbons (Fsp3) is 0.0588. The minimum Gasteiger partial charge on any atom is -0.497 e. The summed E-state index contributed by atoms with van der Waals surface area (Å²) in [6, 6.07) is 13.7. The van der Waals surface area contributed by atoms with E-state index in [0.29, 0.717) is 16.9 Å². The summed E-state index contributed by atoms with van der Waals surface area (Å²) in [4.78, 5) is 23.7. The van der Waals surface area contributed by atoms with Crippen LogP contribution < -0.4 is 15.6 Å². The highest BCUT2D eigenvalue weighted by atomic mass is 79.9. The Hall–Kier alpha value is -2.60. The molecule has 0 spiro atoms. The second kappa shape index (κ2) is 8.14. The van der Waals surface area contributed by atoms with E-state index in [-0.39, 0.29) is 11.7 Å². The van der Waals surface area contributed by atoms with Crippen LogP contribution in [0.4, 0.5) is 0 Å². The van der Waals surface area contributed by atoms with Crippen LogP contribution in [0.25, 0.3) is 0 Å². The molecule has 0 aliphatic heterocycles. The van der Waals surface area contributed by atoms with Gasteiger partial charge in [0.15, 0.2) is 5.78 Å². The van der Waals surface area contributed by atoms with Gasteiger partial charge in [-0.1, -0.05) is 15.9 Å². The van der Waals surface area contributed by atoms with Crippen molar-refractivity contribution in [2.45, 2.75) is 0 Å². The lowest BCUT2D eigenvalue weighted by Crippen LogP contribution is -2.33. The third kappa shape index (κ3) is 4.96. The monoisotopic (exact) mass is 374 g/mol. The van der Waals surface area contributed by atoms with Gasteiger partial charge in [0.1, 0.15) is 5.75 Å². The van der Waals surface area contributed by atoms with Crippen molar-refractivity contribution in [3.63, 3.8) is 0 Å². The molecule has 0 unspecified atom stereocenters. The number of ketones is 1. The molecule has 0 saturated carbocycles. The van der Waals surface area contributed by atoms with Crippen LogP contribution in [-0.4, -0.2) is 18.8 Å². The summed E-state index contributed by atoms with van der Waals surface area (Å²) in [7, 11) is 1.56. The quantitative estimate of drug-likeness (QED) is 0.463. The lowest BCUT2D eigenvalue weighted by molar-refractivity contribution is 0.0939. The number of carbonyl (C=O) groups excluding carboxylic acids is 2. The van der Waals surface area contributed by atoms with Crippen LogP contribution in [0.2, 0.25) is 0 Å². The van der Waals surface area contributed by atoms with Crippen molar-refractivity contribution in [1.82, 2.24) is 10.9 Å². The zero-order valence-corrected chi connectivity index (χ0v) is 14.0. The Morgan fingerprint density at radius 2 is 1.61 bits per heavy atom. The number of allylic oxidation sites excluding steroid dienone is 1. The molecule has 2 N–H and O–H groups in total. The number of hydrogen-bond donors (Lipinski definition) is 2. The molecule has 0 fully saturated rings. The fourth-order valence-corrected chi connectivity index (χ4v) is 2.01. The molecule has 0 heterocycles. The van der Waals surface area contributed by atoms with E-state index in [1.54, 1.807) is 55.6 Å². The molecule has 0 aromatic heterocycles. The molecular weight excluding hydrogens is 360 g/mol. The van der Waals surface area contributed by atoms with E-state index < -0.39 is 0 Å². The van der Waals surface area contributed by atoms with E-state index in [0.717, 1.165) is 4.47 Å². The Labute approximate surface area is 142 Å². The molecule has 0 aliphatic carbocycles. The average molecular weight is 375 g/mol. The number of carbonyl (C=O) groups is 2. The van der Waals surface area contributed by atoms with E-state index in [2.05, 4.69) is 26.8 Å². The standard InChI is InChI=1S/C17H15BrN2O3/c1-23-15-8-4-13(5-9-15)17(22)20-19-11-10-16(21)12-2-6-14(18)7-3-12/h2-11,19H,1H3,(H,20,22). The number of halogens is 1. The average Bonchev–Trinajstić information content (AvgIpc) is 2.59. The third-order valence-corrected chi connectivity index (χ3v) is 3.51. The van der Waals surface area contributed by atoms with Gasteiger partial charge in [-0.2, -0.15) is 0 Å². The zero-order chi connectivity index (χ0) is 16.7. The summed E-state index contributed by atoms with van der Waals surface area (Å²) in [5.74, 6) is 0.201. The normalized spacial score (nSPS) is 10.3. The van der Waals surface area contributed by atoms with Crippen molar-refractivity contribution in [3.05, 3.63) is 76.4 Å². The highest BCUT2D eigenvalue weighted by molar-refractivity contribution is 9.10. The van der Waals surface area contributed by atoms with E-state index in [4.69, 9.17) is 4.74 Å². The minimum atomic E-state index is -0.312. The Morgan fingerprint density at radius 3 is 2.22 bits per heavy atom. The van der Waals surface area contributed by atoms with Crippen LogP contribution in [0.1, 0.15) is 20.7 Å². The van der Waals surface area contributed by atoms with Crippen LogP contribution >= 0.6 is 15.9 Å². The van der Waals surface area contributed by atoms with Gasteiger partial charge >= 0.3 is 0 Å². The van der Waals surface area contributed by atoms with Crippen LogP contribution in [0.5, 0.6) is 5.75 Å². The van der Waals surface area contributed by atoms with Gasteiger partial charge in [0.25, 0.3) is 5.91 Å². The molecule has 5 nitrogen and oxygen atoms in total. The van der Waals surface area contributed by atoms with Crippen molar-refractivity contribution >= 4 is 27.6 Å². The maximum Gasteiger partial charge on any atom is 0.269 e. The molecule has 0 saturated heterocycles. The molecule has 0 atom stereocenters. The van der Waals surface area contributed by atoms with Gasteiger partial charge in [0.2, 0.25) is 0 Å². The smallest absolute Gasteiger partial charge is 0.269 e. The van der Waals surface area contributed by atoms with E-state index >= 15 is 0 Å². The second-order valence-electron chi connectivity index (χ2n) is 4.53. The number of ether oxygens (including phenoxy) is 1. The predicted molar refractivity (Wildman–Crippen MR) is 91.2 cm³/mol. The van der Waals surface area contributed by atoms with E-state index in [9.17, 15) is 9.59 Å². The number of hydrogen-bond acceptors (Lipinski definition) is 4. The number of methoxy groups -OCH3 is 1. The van der Waals surface area contributed by atoms with Crippen LogP contribution in [-0.2, 0) is 0 Å². The molecule has 23 heavy (non-hydrogen) atoms. The number of rotatable bonds is 6. The molecule has 0 radical (unpaired) electrons. The molecule has 0 aliphatic rings. The van der Waals surface area contributed by atoms with Crippen LogP contribution in [0.3, 0.4) is 0 Å². The molecule has 2 aromatic carbocycles. The van der Waals surface area contributed by atoms with E-state index in [1.807, 2.05) is 0 Å². The van der Waals surface area contributed by atoms with Crippen molar-refractivity contribution in [3.8, 4) is 5.75 Å². The lowest BCUT2D eigenvalue weighted by Gasteiger charge is -2.05. The predicted octanol–water partition coefficient (Wildman–Crippen LogP) is 3.09. The third-order valence-electron chi connectivity index (χ3n) is 2.98. The molecule has 118 valence electrons. The number of amides is 1. The van der Waals surface area contributed by atoms with E-state index in [1.165, 1.54) is 12.3 Å². The Kier molecular flexibility index (Phi) is 5.94. The first-order valence-electron chi connectivity index (χ1n) is 6.76. The van der Waals surface area contributed by atoms with Crippen LogP contribution in [0, 0.1) is 0 Å². The highest BCUT2D eigenvalue weighted by Gasteiger charge is 2.04. The molecular formula is C17H15BrN2O3. The summed E-state index contributed by atoms with van der Waals surface area (Å²) in [5.41, 5.74) is 6.10. The van der Waals surface area contributed by atoms with Crippen LogP contribution in [0.15, 0.2) is 65.3 Å². The SMILES string of the molecule is COc1ccc(C(=O)NNC=CC(=O)c2ccc(Br)cc2)cc1. The number of benzene rings is 2. The van der Waals surface area contributed by atoms with Crippen molar-refractivity contribution in [1.29, 1.82) is 0 Å². The molecule has 2 rings (SSSR count). The number of hydrazine groups is 1. The van der Waals surface area contributed by atoms with Gasteiger partial charge in [-0.25, -0.2) is 0 Å². The first-order valence-corrected chi connectivity index (χ1v) is 7.56. The fourth-order valence-electron chi connectivity index (χ4n) is 1.75. The molecule has 1 amide bonds. The number of nitrogens with one attached hydrogen (secondary N) is 2. The van der Waals surface area contributed by atoms with Crippen molar-refractivity contribution in [2.24, 2.45) is 0 Å². The molecule has 0 bridgehead atoms. The zero-order valence-electron chi connectivity index (χ0n) is 12.4. The van der Waals surface area contributed by atoms with Gasteiger partial charge in [0, 0.05) is 27.9 Å². The topological polar surface area (TPSA) is 67.4 Å². The summed E-state index contributed by atoms with van der Waals surface area (Å²) in [6.07, 6.45) is 2.73. The van der Waals surface area contributed by atoms with Gasteiger partial charge < -0.3 is 10.2 Å². The maximum atomic E-state index is 11.9. The van der Waals surface area contributed by atoms with Gasteiger partial charge in [0.05, 0.1) is 7.11 Å². The first-order chi connectivity index (χ1) is 11.1. The Balaban J connectivity index is 1.84. The minimum absolute atomic E-state index is 0.163. The Bertz CT molecular complexity index is 710. The summed E-state index contributed by atoms with van der Waals surface area (Å²) < 4.78 is 5.93.